The van der Waals surface area contributed by atoms with Crippen LogP contribution in [0.25, 0.3) is 0 Å². The van der Waals surface area contributed by atoms with Crippen molar-refractivity contribution >= 4 is 0 Å². The molecule has 4 heteroatoms. The fraction of sp³-hybridized carbons (Fsp3) is 0.562. The molecule has 0 radical (unpaired) electrons. The highest BCUT2D eigenvalue weighted by Gasteiger charge is 2.33. The summed E-state index contributed by atoms with van der Waals surface area (Å²) in [6.45, 7) is 6.78. The molecular formula is C16H24N2O2. The summed E-state index contributed by atoms with van der Waals surface area (Å²) in [4.78, 5) is 0. The molecule has 0 bridgehead atoms. The molecule has 2 unspecified atom stereocenters. The van der Waals surface area contributed by atoms with Crippen molar-refractivity contribution in [2.45, 2.75) is 38.5 Å². The van der Waals surface area contributed by atoms with Crippen LogP contribution in [0.15, 0.2) is 30.3 Å². The second kappa shape index (κ2) is 8.01. The lowest BCUT2D eigenvalue weighted by atomic mass is 9.91. The summed E-state index contributed by atoms with van der Waals surface area (Å²) in [6.07, 6.45) is -0.0506. The molecule has 0 aliphatic rings. The van der Waals surface area contributed by atoms with E-state index in [0.29, 0.717) is 6.61 Å². The van der Waals surface area contributed by atoms with Crippen LogP contribution in [0.2, 0.25) is 0 Å². The topological polar surface area (TPSA) is 54.3 Å². The number of rotatable bonds is 8. The standard InChI is InChI=1S/C16H24N2O2/c1-13(2)18-16(11-17,12-20-14(3)10-19-4)15-8-6-5-7-9-15/h5-9,13-14,18H,10,12H2,1-4H3. The Hall–Kier alpha value is -1.41. The van der Waals surface area contributed by atoms with E-state index in [9.17, 15) is 5.26 Å². The summed E-state index contributed by atoms with van der Waals surface area (Å²) in [5.74, 6) is 0. The molecule has 1 aromatic rings. The van der Waals surface area contributed by atoms with E-state index in [1.54, 1.807) is 7.11 Å². The van der Waals surface area contributed by atoms with Crippen LogP contribution in [-0.4, -0.2) is 32.5 Å². The molecule has 0 aliphatic carbocycles. The van der Waals surface area contributed by atoms with E-state index in [4.69, 9.17) is 9.47 Å². The molecule has 1 rings (SSSR count). The second-order valence-corrected chi connectivity index (χ2v) is 5.26. The Morgan fingerprint density at radius 2 is 1.90 bits per heavy atom. The van der Waals surface area contributed by atoms with Gasteiger partial charge in [0.1, 0.15) is 0 Å². The van der Waals surface area contributed by atoms with Gasteiger partial charge in [0.05, 0.1) is 25.4 Å². The summed E-state index contributed by atoms with van der Waals surface area (Å²) in [5, 5.41) is 13.0. The maximum atomic E-state index is 9.70. The Balaban J connectivity index is 2.92. The number of methoxy groups -OCH3 is 1. The van der Waals surface area contributed by atoms with E-state index in [2.05, 4.69) is 11.4 Å². The zero-order valence-corrected chi connectivity index (χ0v) is 12.7. The molecule has 0 spiro atoms. The molecule has 0 saturated carbocycles. The van der Waals surface area contributed by atoms with Gasteiger partial charge in [0.15, 0.2) is 5.54 Å². The third-order valence-corrected chi connectivity index (χ3v) is 2.98. The Labute approximate surface area is 121 Å². The number of nitrogens with one attached hydrogen (secondary N) is 1. The van der Waals surface area contributed by atoms with Crippen LogP contribution in [0.1, 0.15) is 26.3 Å². The lowest BCUT2D eigenvalue weighted by Gasteiger charge is -2.31. The summed E-state index contributed by atoms with van der Waals surface area (Å²) in [6, 6.07) is 12.3. The molecule has 0 amide bonds. The predicted octanol–water partition coefficient (Wildman–Crippen LogP) is 2.45. The van der Waals surface area contributed by atoms with Crippen molar-refractivity contribution in [2.75, 3.05) is 20.3 Å². The normalized spacial score (nSPS) is 15.6. The van der Waals surface area contributed by atoms with Crippen molar-refractivity contribution < 1.29 is 9.47 Å². The van der Waals surface area contributed by atoms with Gasteiger partial charge < -0.3 is 9.47 Å². The van der Waals surface area contributed by atoms with E-state index in [0.717, 1.165) is 5.56 Å². The molecule has 1 N–H and O–H groups in total. The fourth-order valence-corrected chi connectivity index (χ4v) is 2.10. The van der Waals surface area contributed by atoms with E-state index >= 15 is 0 Å². The highest BCUT2D eigenvalue weighted by atomic mass is 16.5. The minimum atomic E-state index is -0.836. The highest BCUT2D eigenvalue weighted by Crippen LogP contribution is 2.22. The molecular weight excluding hydrogens is 252 g/mol. The first-order valence-corrected chi connectivity index (χ1v) is 6.89. The Bertz CT molecular complexity index is 428. The molecule has 1 aromatic carbocycles. The van der Waals surface area contributed by atoms with Crippen molar-refractivity contribution in [1.29, 1.82) is 5.26 Å². The molecule has 0 aromatic heterocycles. The first-order chi connectivity index (χ1) is 9.54. The SMILES string of the molecule is COCC(C)OCC(C#N)(NC(C)C)c1ccccc1. The minimum absolute atomic E-state index is 0.0506. The van der Waals surface area contributed by atoms with E-state index in [1.807, 2.05) is 51.1 Å². The van der Waals surface area contributed by atoms with Crippen LogP contribution in [-0.2, 0) is 15.0 Å². The van der Waals surface area contributed by atoms with Crippen LogP contribution in [0.3, 0.4) is 0 Å². The van der Waals surface area contributed by atoms with Crippen LogP contribution in [0, 0.1) is 11.3 Å². The molecule has 20 heavy (non-hydrogen) atoms. The van der Waals surface area contributed by atoms with Crippen LogP contribution in [0.4, 0.5) is 0 Å². The van der Waals surface area contributed by atoms with Crippen LogP contribution < -0.4 is 5.32 Å². The number of ether oxygens (including phenoxy) is 2. The van der Waals surface area contributed by atoms with Crippen molar-refractivity contribution in [1.82, 2.24) is 5.32 Å². The van der Waals surface area contributed by atoms with Gasteiger partial charge >= 0.3 is 0 Å². The molecule has 0 aliphatic heterocycles. The van der Waals surface area contributed by atoms with Gasteiger partial charge in [-0.25, -0.2) is 0 Å². The Morgan fingerprint density at radius 1 is 1.25 bits per heavy atom. The largest absolute Gasteiger partial charge is 0.382 e. The smallest absolute Gasteiger partial charge is 0.156 e. The maximum absolute atomic E-state index is 9.70. The quantitative estimate of drug-likeness (QED) is 0.792. The van der Waals surface area contributed by atoms with Crippen molar-refractivity contribution in [3.63, 3.8) is 0 Å². The average molecular weight is 276 g/mol. The first kappa shape index (κ1) is 16.6. The minimum Gasteiger partial charge on any atom is -0.382 e. The summed E-state index contributed by atoms with van der Waals surface area (Å²) >= 11 is 0. The zero-order chi connectivity index (χ0) is 15.0. The van der Waals surface area contributed by atoms with Gasteiger partial charge in [-0.15, -0.1) is 0 Å². The number of nitriles is 1. The molecule has 0 heterocycles. The lowest BCUT2D eigenvalue weighted by molar-refractivity contribution is -0.0124. The first-order valence-electron chi connectivity index (χ1n) is 6.89. The number of benzene rings is 1. The predicted molar refractivity (Wildman–Crippen MR) is 79.3 cm³/mol. The second-order valence-electron chi connectivity index (χ2n) is 5.26. The van der Waals surface area contributed by atoms with Crippen molar-refractivity contribution in [3.05, 3.63) is 35.9 Å². The van der Waals surface area contributed by atoms with Crippen molar-refractivity contribution in [3.8, 4) is 6.07 Å². The number of nitrogens with zero attached hydrogens (tertiary/aromatic N) is 1. The van der Waals surface area contributed by atoms with Gasteiger partial charge in [0.2, 0.25) is 0 Å². The number of hydrogen-bond acceptors (Lipinski definition) is 4. The van der Waals surface area contributed by atoms with Gasteiger partial charge in [-0.1, -0.05) is 30.3 Å². The van der Waals surface area contributed by atoms with Crippen LogP contribution in [0.5, 0.6) is 0 Å². The van der Waals surface area contributed by atoms with E-state index in [-0.39, 0.29) is 18.8 Å². The zero-order valence-electron chi connectivity index (χ0n) is 12.7. The fourth-order valence-electron chi connectivity index (χ4n) is 2.10. The lowest BCUT2D eigenvalue weighted by Crippen LogP contribution is -2.49. The van der Waals surface area contributed by atoms with Gasteiger partial charge in [-0.3, -0.25) is 5.32 Å². The van der Waals surface area contributed by atoms with E-state index < -0.39 is 5.54 Å². The van der Waals surface area contributed by atoms with Crippen molar-refractivity contribution in [2.24, 2.45) is 0 Å². The van der Waals surface area contributed by atoms with E-state index in [1.165, 1.54) is 0 Å². The molecule has 4 nitrogen and oxygen atoms in total. The van der Waals surface area contributed by atoms with Gasteiger partial charge in [-0.2, -0.15) is 5.26 Å². The third kappa shape index (κ3) is 4.61. The van der Waals surface area contributed by atoms with Gasteiger partial charge in [-0.05, 0) is 26.3 Å². The summed E-state index contributed by atoms with van der Waals surface area (Å²) < 4.78 is 10.8. The number of hydrogen-bond donors (Lipinski definition) is 1. The monoisotopic (exact) mass is 276 g/mol. The van der Waals surface area contributed by atoms with Crippen LogP contribution >= 0.6 is 0 Å². The Kier molecular flexibility index (Phi) is 6.66. The summed E-state index contributed by atoms with van der Waals surface area (Å²) in [5.41, 5.74) is 0.0815. The molecule has 110 valence electrons. The Morgan fingerprint density at radius 3 is 2.40 bits per heavy atom. The molecule has 0 fully saturated rings. The average Bonchev–Trinajstić information content (AvgIpc) is 2.44. The maximum Gasteiger partial charge on any atom is 0.156 e. The van der Waals surface area contributed by atoms with Gasteiger partial charge in [0, 0.05) is 13.2 Å². The third-order valence-electron chi connectivity index (χ3n) is 2.98. The highest BCUT2D eigenvalue weighted by molar-refractivity contribution is 5.31. The van der Waals surface area contributed by atoms with Gasteiger partial charge in [0.25, 0.3) is 0 Å². The summed E-state index contributed by atoms with van der Waals surface area (Å²) in [7, 11) is 1.64. The molecule has 0 saturated heterocycles. The molecule has 2 atom stereocenters.